The number of carbonyl (C=O) groups is 1. The second-order valence-electron chi connectivity index (χ2n) is 7.69. The van der Waals surface area contributed by atoms with Crippen LogP contribution in [0.2, 0.25) is 0 Å². The van der Waals surface area contributed by atoms with E-state index in [2.05, 4.69) is 0 Å². The molecular weight excluding hydrogens is 444 g/mol. The molecule has 172 valence electrons. The van der Waals surface area contributed by atoms with Crippen LogP contribution in [0.4, 0.5) is 0 Å². The van der Waals surface area contributed by atoms with Crippen LogP contribution >= 0.6 is 0 Å². The van der Waals surface area contributed by atoms with Crippen molar-refractivity contribution in [3.05, 3.63) is 113 Å². The molecule has 6 heteroatoms. The number of methoxy groups -OCH3 is 1. The molecule has 1 aromatic heterocycles. The molecule has 0 spiro atoms. The van der Waals surface area contributed by atoms with E-state index in [1.54, 1.807) is 49.6 Å². The third-order valence-corrected chi connectivity index (χ3v) is 5.44. The Labute approximate surface area is 200 Å². The highest BCUT2D eigenvalue weighted by molar-refractivity contribution is 5.95. The molecule has 0 unspecified atom stereocenters. The summed E-state index contributed by atoms with van der Waals surface area (Å²) in [7, 11) is 1.57. The van der Waals surface area contributed by atoms with Crippen LogP contribution in [0.15, 0.2) is 106 Å². The lowest BCUT2D eigenvalue weighted by atomic mass is 10.0. The summed E-state index contributed by atoms with van der Waals surface area (Å²) < 4.78 is 21.8. The van der Waals surface area contributed by atoms with Gasteiger partial charge in [-0.2, -0.15) is 0 Å². The van der Waals surface area contributed by atoms with Gasteiger partial charge in [0, 0.05) is 12.1 Å². The second kappa shape index (κ2) is 9.57. The van der Waals surface area contributed by atoms with Gasteiger partial charge in [0.05, 0.1) is 12.5 Å². The first-order valence-corrected chi connectivity index (χ1v) is 10.9. The Hall–Kier alpha value is -4.84. The van der Waals surface area contributed by atoms with Crippen LogP contribution < -0.4 is 19.6 Å². The number of ether oxygens (including phenoxy) is 3. The van der Waals surface area contributed by atoms with Gasteiger partial charge in [0.25, 0.3) is 0 Å². The van der Waals surface area contributed by atoms with Crippen molar-refractivity contribution in [3.8, 4) is 23.0 Å². The third-order valence-electron chi connectivity index (χ3n) is 5.44. The zero-order valence-electron chi connectivity index (χ0n) is 18.8. The van der Waals surface area contributed by atoms with E-state index in [4.69, 9.17) is 18.6 Å². The fourth-order valence-electron chi connectivity index (χ4n) is 3.70. The lowest BCUT2D eigenvalue weighted by molar-refractivity contribution is -0.128. The molecule has 0 saturated carbocycles. The minimum absolute atomic E-state index is 0.0467. The van der Waals surface area contributed by atoms with Crippen LogP contribution in [-0.2, 0) is 4.79 Å². The molecule has 0 aliphatic carbocycles. The number of hydrogen-bond acceptors (Lipinski definition) is 6. The molecule has 0 N–H and O–H groups in total. The van der Waals surface area contributed by atoms with Gasteiger partial charge in [-0.15, -0.1) is 0 Å². The van der Waals surface area contributed by atoms with E-state index < -0.39 is 5.97 Å². The van der Waals surface area contributed by atoms with Crippen molar-refractivity contribution in [2.45, 2.75) is 0 Å². The van der Waals surface area contributed by atoms with Crippen LogP contribution in [0.3, 0.4) is 0 Å². The molecule has 5 aromatic rings. The van der Waals surface area contributed by atoms with Crippen molar-refractivity contribution in [2.24, 2.45) is 0 Å². The van der Waals surface area contributed by atoms with E-state index in [0.29, 0.717) is 16.9 Å². The first-order valence-electron chi connectivity index (χ1n) is 10.9. The van der Waals surface area contributed by atoms with Crippen molar-refractivity contribution in [1.29, 1.82) is 0 Å². The average molecular weight is 464 g/mol. The van der Waals surface area contributed by atoms with Crippen molar-refractivity contribution < 1.29 is 23.4 Å². The van der Waals surface area contributed by atoms with Gasteiger partial charge in [0.2, 0.25) is 11.2 Å². The van der Waals surface area contributed by atoms with E-state index in [1.165, 1.54) is 18.4 Å². The number of benzene rings is 4. The minimum atomic E-state index is -0.543. The third kappa shape index (κ3) is 4.77. The summed E-state index contributed by atoms with van der Waals surface area (Å²) in [6, 6.07) is 25.2. The Kier molecular flexibility index (Phi) is 6.01. The summed E-state index contributed by atoms with van der Waals surface area (Å²) in [5.41, 5.74) is 0.852. The van der Waals surface area contributed by atoms with Crippen LogP contribution in [-0.4, -0.2) is 13.1 Å². The minimum Gasteiger partial charge on any atom is -0.497 e. The first-order chi connectivity index (χ1) is 17.1. The standard InChI is InChI=1S/C29H20O6/c1-32-21-10-12-22(13-11-21)34-27-18-33-26-17-23(14-15-25(26)29(27)31)35-28(30)16-9-20-7-4-6-19-5-2-3-8-24(19)20/h2-18H,1H3. The molecule has 0 saturated heterocycles. The lowest BCUT2D eigenvalue weighted by Gasteiger charge is -2.07. The molecule has 0 aliphatic rings. The van der Waals surface area contributed by atoms with E-state index in [9.17, 15) is 9.59 Å². The van der Waals surface area contributed by atoms with E-state index in [-0.39, 0.29) is 22.5 Å². The van der Waals surface area contributed by atoms with E-state index in [1.807, 2.05) is 42.5 Å². The Morgan fingerprint density at radius 1 is 0.829 bits per heavy atom. The topological polar surface area (TPSA) is 75.0 Å². The molecule has 35 heavy (non-hydrogen) atoms. The molecule has 4 aromatic carbocycles. The SMILES string of the molecule is COc1ccc(Oc2coc3cc(OC(=O)C=Cc4cccc5ccccc45)ccc3c2=O)cc1. The van der Waals surface area contributed by atoms with Gasteiger partial charge in [-0.1, -0.05) is 42.5 Å². The van der Waals surface area contributed by atoms with Gasteiger partial charge in [-0.05, 0) is 58.8 Å². The highest BCUT2D eigenvalue weighted by Crippen LogP contribution is 2.26. The predicted octanol–water partition coefficient (Wildman–Crippen LogP) is 6.37. The zero-order valence-corrected chi connectivity index (χ0v) is 18.8. The number of esters is 1. The van der Waals surface area contributed by atoms with E-state index in [0.717, 1.165) is 16.3 Å². The van der Waals surface area contributed by atoms with E-state index >= 15 is 0 Å². The molecule has 0 atom stereocenters. The van der Waals surface area contributed by atoms with Gasteiger partial charge < -0.3 is 18.6 Å². The second-order valence-corrected chi connectivity index (χ2v) is 7.69. The highest BCUT2D eigenvalue weighted by atomic mass is 16.5. The maximum absolute atomic E-state index is 12.8. The molecule has 1 heterocycles. The summed E-state index contributed by atoms with van der Waals surface area (Å²) in [6.07, 6.45) is 4.32. The van der Waals surface area contributed by atoms with Crippen molar-refractivity contribution in [3.63, 3.8) is 0 Å². The summed E-state index contributed by atoms with van der Waals surface area (Å²) >= 11 is 0. The quantitative estimate of drug-likeness (QED) is 0.165. The molecule has 0 fully saturated rings. The summed E-state index contributed by atoms with van der Waals surface area (Å²) in [5.74, 6) is 0.916. The summed E-state index contributed by atoms with van der Waals surface area (Å²) in [6.45, 7) is 0. The maximum atomic E-state index is 12.8. The van der Waals surface area contributed by atoms with Gasteiger partial charge >= 0.3 is 5.97 Å². The van der Waals surface area contributed by atoms with Crippen molar-refractivity contribution in [1.82, 2.24) is 0 Å². The van der Waals surface area contributed by atoms with Gasteiger partial charge in [0.15, 0.2) is 0 Å². The van der Waals surface area contributed by atoms with Gasteiger partial charge in [0.1, 0.15) is 29.1 Å². The first kappa shape index (κ1) is 22.0. The highest BCUT2D eigenvalue weighted by Gasteiger charge is 2.11. The Morgan fingerprint density at radius 2 is 1.57 bits per heavy atom. The average Bonchev–Trinajstić information content (AvgIpc) is 2.89. The van der Waals surface area contributed by atoms with Gasteiger partial charge in [-0.3, -0.25) is 4.79 Å². The number of rotatable bonds is 6. The normalized spacial score (nSPS) is 11.1. The van der Waals surface area contributed by atoms with Crippen molar-refractivity contribution in [2.75, 3.05) is 7.11 Å². The molecule has 0 bridgehead atoms. The molecule has 5 rings (SSSR count). The predicted molar refractivity (Wildman–Crippen MR) is 134 cm³/mol. The number of carbonyl (C=O) groups excluding carboxylic acids is 1. The van der Waals surface area contributed by atoms with Crippen LogP contribution in [0, 0.1) is 0 Å². The molecule has 6 nitrogen and oxygen atoms in total. The molecule has 0 amide bonds. The Bertz CT molecular complexity index is 1610. The fraction of sp³-hybridized carbons (Fsp3) is 0.0345. The van der Waals surface area contributed by atoms with Crippen molar-refractivity contribution >= 4 is 33.8 Å². The van der Waals surface area contributed by atoms with Gasteiger partial charge in [-0.25, -0.2) is 4.79 Å². The van der Waals surface area contributed by atoms with Crippen LogP contribution in [0.1, 0.15) is 5.56 Å². The van der Waals surface area contributed by atoms with Crippen LogP contribution in [0.25, 0.3) is 27.8 Å². The Morgan fingerprint density at radius 3 is 2.40 bits per heavy atom. The largest absolute Gasteiger partial charge is 0.497 e. The smallest absolute Gasteiger partial charge is 0.336 e. The number of hydrogen-bond donors (Lipinski definition) is 0. The van der Waals surface area contributed by atoms with Crippen LogP contribution in [0.5, 0.6) is 23.0 Å². The summed E-state index contributed by atoms with van der Waals surface area (Å²) in [4.78, 5) is 25.2. The maximum Gasteiger partial charge on any atom is 0.336 e. The fourth-order valence-corrected chi connectivity index (χ4v) is 3.70. The number of fused-ring (bicyclic) bond motifs is 2. The molecule has 0 radical (unpaired) electrons. The lowest BCUT2D eigenvalue weighted by Crippen LogP contribution is -2.06. The molecular formula is C29H20O6. The summed E-state index contributed by atoms with van der Waals surface area (Å²) in [5, 5.41) is 2.43. The monoisotopic (exact) mass is 464 g/mol. The Balaban J connectivity index is 1.32. The zero-order chi connectivity index (χ0) is 24.2. The molecule has 0 aliphatic heterocycles.